The number of hydrogen-bond donors (Lipinski definition) is 4. The molecule has 0 aliphatic carbocycles. The van der Waals surface area contributed by atoms with Crippen molar-refractivity contribution in [2.45, 2.75) is 38.0 Å². The van der Waals surface area contributed by atoms with E-state index in [1.807, 2.05) is 0 Å². The SMILES string of the molecule is CN(c1cccc(CNc2nc(Nc3ccc(OCCOCCOCCC(=O)NCCOc4cccc5c4C(=O)N(C4CCC(=O)NC4=O)C5=O)cc3)ncc2C(F)(F)F)c1)S(C)(=O)=O. The van der Waals surface area contributed by atoms with E-state index >= 15 is 0 Å². The van der Waals surface area contributed by atoms with Gasteiger partial charge in [0.05, 0.1) is 56.0 Å². The molecule has 5 amide bonds. The van der Waals surface area contributed by atoms with Crippen molar-refractivity contribution in [1.29, 1.82) is 0 Å². The van der Waals surface area contributed by atoms with Gasteiger partial charge in [0.15, 0.2) is 0 Å². The van der Waals surface area contributed by atoms with Crippen molar-refractivity contribution in [2.75, 3.05) is 74.4 Å². The smallest absolute Gasteiger partial charge is 0.421 e. The summed E-state index contributed by atoms with van der Waals surface area (Å²) < 4.78 is 88.7. The third-order valence-electron chi connectivity index (χ3n) is 9.89. The number of halogens is 3. The molecule has 346 valence electrons. The molecule has 3 heterocycles. The standard InChI is InChI=1S/C42H45F3N8O11S/c1-52(65(2,59)60)28-6-3-5-26(23-28)24-47-37-31(42(43,44)45)25-48-41(51-37)49-27-9-11-29(12-10-27)63-22-21-62-20-19-61-17-15-34(54)46-16-18-64-33-8-4-7-30-36(33)40(58)53(39(30)57)32-13-14-35(55)50-38(32)56/h3-12,23,25,32H,13-22,24H2,1-2H3,(H,46,54)(H,50,55,56)(H2,47,48,49,51). The number of fused-ring (bicyclic) bond motifs is 1. The Labute approximate surface area is 371 Å². The van der Waals surface area contributed by atoms with Gasteiger partial charge in [-0.3, -0.25) is 38.5 Å². The number of rotatable bonds is 22. The first-order chi connectivity index (χ1) is 31.0. The third-order valence-corrected chi connectivity index (χ3v) is 11.1. The Morgan fingerprint density at radius 3 is 2.37 bits per heavy atom. The molecule has 1 unspecified atom stereocenters. The number of piperidine rings is 1. The summed E-state index contributed by atoms with van der Waals surface area (Å²) in [6.07, 6.45) is -2.94. The normalized spacial score (nSPS) is 15.0. The number of benzene rings is 3. The highest BCUT2D eigenvalue weighted by molar-refractivity contribution is 7.92. The van der Waals surface area contributed by atoms with Crippen LogP contribution >= 0.6 is 0 Å². The van der Waals surface area contributed by atoms with Crippen LogP contribution in [0.1, 0.15) is 51.1 Å². The lowest BCUT2D eigenvalue weighted by Gasteiger charge is -2.27. The molecule has 0 saturated carbocycles. The lowest BCUT2D eigenvalue weighted by molar-refractivity contribution is -0.138. The topological polar surface area (TPSA) is 237 Å². The highest BCUT2D eigenvalue weighted by atomic mass is 32.2. The minimum Gasteiger partial charge on any atom is -0.491 e. The van der Waals surface area contributed by atoms with Crippen LogP contribution in [0.15, 0.2) is 72.9 Å². The Hall–Kier alpha value is -6.85. The highest BCUT2D eigenvalue weighted by Crippen LogP contribution is 2.35. The van der Waals surface area contributed by atoms with Gasteiger partial charge in [-0.1, -0.05) is 18.2 Å². The highest BCUT2D eigenvalue weighted by Gasteiger charge is 2.46. The molecule has 19 nitrogen and oxygen atoms in total. The Morgan fingerprint density at radius 2 is 1.65 bits per heavy atom. The molecule has 1 saturated heterocycles. The van der Waals surface area contributed by atoms with Crippen LogP contribution in [0.4, 0.5) is 36.3 Å². The van der Waals surface area contributed by atoms with E-state index < -0.39 is 57.3 Å². The zero-order valence-electron chi connectivity index (χ0n) is 35.1. The number of nitrogens with one attached hydrogen (secondary N) is 4. The van der Waals surface area contributed by atoms with Crippen molar-refractivity contribution in [3.8, 4) is 11.5 Å². The molecular formula is C42H45F3N8O11S. The zero-order valence-corrected chi connectivity index (χ0v) is 35.9. The first-order valence-corrected chi connectivity index (χ1v) is 21.9. The summed E-state index contributed by atoms with van der Waals surface area (Å²) in [5.41, 5.74) is 0.366. The van der Waals surface area contributed by atoms with E-state index in [1.165, 1.54) is 19.2 Å². The Kier molecular flexibility index (Phi) is 15.5. The summed E-state index contributed by atoms with van der Waals surface area (Å²) in [7, 11) is -2.17. The number of anilines is 4. The summed E-state index contributed by atoms with van der Waals surface area (Å²) in [5, 5.41) is 10.4. The monoisotopic (exact) mass is 926 g/mol. The van der Waals surface area contributed by atoms with Gasteiger partial charge in [0.25, 0.3) is 11.8 Å². The fraction of sp³-hybridized carbons (Fsp3) is 0.357. The van der Waals surface area contributed by atoms with Crippen molar-refractivity contribution in [3.05, 3.63) is 95.2 Å². The van der Waals surface area contributed by atoms with Gasteiger partial charge in [0, 0.05) is 38.3 Å². The maximum absolute atomic E-state index is 13.8. The van der Waals surface area contributed by atoms with Crippen LogP contribution in [-0.4, -0.2) is 118 Å². The second-order valence-corrected chi connectivity index (χ2v) is 16.5. The van der Waals surface area contributed by atoms with Crippen molar-refractivity contribution < 1.29 is 64.5 Å². The van der Waals surface area contributed by atoms with Crippen LogP contribution in [0.5, 0.6) is 11.5 Å². The van der Waals surface area contributed by atoms with Gasteiger partial charge in [-0.25, -0.2) is 13.4 Å². The van der Waals surface area contributed by atoms with Gasteiger partial charge >= 0.3 is 6.18 Å². The fourth-order valence-corrected chi connectivity index (χ4v) is 7.03. The van der Waals surface area contributed by atoms with Gasteiger partial charge in [0.1, 0.15) is 42.1 Å². The number of imide groups is 2. The molecule has 23 heteroatoms. The maximum atomic E-state index is 13.8. The van der Waals surface area contributed by atoms with Gasteiger partial charge < -0.3 is 34.9 Å². The Bertz CT molecular complexity index is 2510. The Morgan fingerprint density at radius 1 is 0.923 bits per heavy atom. The quantitative estimate of drug-likeness (QED) is 0.0651. The number of sulfonamides is 1. The number of carbonyl (C=O) groups is 5. The van der Waals surface area contributed by atoms with E-state index in [-0.39, 0.29) is 101 Å². The summed E-state index contributed by atoms with van der Waals surface area (Å²) >= 11 is 0. The van der Waals surface area contributed by atoms with Crippen LogP contribution in [-0.2, 0) is 46.6 Å². The molecule has 0 radical (unpaired) electrons. The number of hydrogen-bond acceptors (Lipinski definition) is 15. The van der Waals surface area contributed by atoms with Gasteiger partial charge in [0.2, 0.25) is 33.7 Å². The molecule has 2 aliphatic heterocycles. The van der Waals surface area contributed by atoms with Gasteiger partial charge in [-0.05, 0) is 60.5 Å². The third kappa shape index (κ3) is 12.7. The maximum Gasteiger partial charge on any atom is 0.421 e. The molecule has 1 fully saturated rings. The molecule has 3 aromatic carbocycles. The first-order valence-electron chi connectivity index (χ1n) is 20.1. The molecule has 2 aliphatic rings. The number of nitrogens with zero attached hydrogens (tertiary/aromatic N) is 4. The summed E-state index contributed by atoms with van der Waals surface area (Å²) in [6.45, 7) is 1.04. The lowest BCUT2D eigenvalue weighted by atomic mass is 10.0. The van der Waals surface area contributed by atoms with Crippen molar-refractivity contribution in [3.63, 3.8) is 0 Å². The number of carbonyl (C=O) groups excluding carboxylic acids is 5. The molecule has 0 spiro atoms. The summed E-state index contributed by atoms with van der Waals surface area (Å²) in [6, 6.07) is 16.3. The number of ether oxygens (including phenoxy) is 4. The average molecular weight is 927 g/mol. The van der Waals surface area contributed by atoms with E-state index in [9.17, 15) is 45.6 Å². The molecule has 1 atom stereocenters. The minimum absolute atomic E-state index is 0.00132. The van der Waals surface area contributed by atoms with E-state index in [4.69, 9.17) is 18.9 Å². The van der Waals surface area contributed by atoms with Crippen LogP contribution in [0.25, 0.3) is 0 Å². The minimum atomic E-state index is -4.75. The second-order valence-electron chi connectivity index (χ2n) is 14.5. The first kappa shape index (κ1) is 47.6. The van der Waals surface area contributed by atoms with Crippen LogP contribution in [0.3, 0.4) is 0 Å². The van der Waals surface area contributed by atoms with Crippen LogP contribution in [0, 0.1) is 0 Å². The second kappa shape index (κ2) is 21.2. The van der Waals surface area contributed by atoms with Gasteiger partial charge in [-0.15, -0.1) is 0 Å². The number of alkyl halides is 3. The van der Waals surface area contributed by atoms with E-state index in [2.05, 4.69) is 31.2 Å². The van der Waals surface area contributed by atoms with Crippen molar-refractivity contribution in [2.24, 2.45) is 0 Å². The zero-order chi connectivity index (χ0) is 46.7. The molecule has 6 rings (SSSR count). The molecule has 65 heavy (non-hydrogen) atoms. The molecule has 4 aromatic rings. The Balaban J connectivity index is 0.842. The molecule has 1 aromatic heterocycles. The number of amides is 5. The van der Waals surface area contributed by atoms with Crippen LogP contribution in [0.2, 0.25) is 0 Å². The predicted octanol–water partition coefficient (Wildman–Crippen LogP) is 3.65. The molecular weight excluding hydrogens is 882 g/mol. The summed E-state index contributed by atoms with van der Waals surface area (Å²) in [5.74, 6) is -2.78. The fourth-order valence-electron chi connectivity index (χ4n) is 6.54. The molecule has 0 bridgehead atoms. The van der Waals surface area contributed by atoms with Crippen molar-refractivity contribution in [1.82, 2.24) is 25.5 Å². The van der Waals surface area contributed by atoms with Gasteiger partial charge in [-0.2, -0.15) is 18.2 Å². The lowest BCUT2D eigenvalue weighted by Crippen LogP contribution is -2.54. The predicted molar refractivity (Wildman–Crippen MR) is 227 cm³/mol. The van der Waals surface area contributed by atoms with Crippen LogP contribution < -0.4 is 35.0 Å². The average Bonchev–Trinajstić information content (AvgIpc) is 3.52. The largest absolute Gasteiger partial charge is 0.491 e. The van der Waals surface area contributed by atoms with Crippen molar-refractivity contribution >= 4 is 62.7 Å². The van der Waals surface area contributed by atoms with E-state index in [0.717, 1.165) is 15.5 Å². The summed E-state index contributed by atoms with van der Waals surface area (Å²) in [4.78, 5) is 71.1. The van der Waals surface area contributed by atoms with E-state index in [0.29, 0.717) is 28.9 Å². The molecule has 4 N–H and O–H groups in total. The number of aromatic nitrogens is 2. The van der Waals surface area contributed by atoms with E-state index in [1.54, 1.807) is 54.6 Å².